The van der Waals surface area contributed by atoms with Gasteiger partial charge in [-0.15, -0.1) is 0 Å². The zero-order valence-electron chi connectivity index (χ0n) is 14.4. The summed E-state index contributed by atoms with van der Waals surface area (Å²) in [5.41, 5.74) is 2.88. The van der Waals surface area contributed by atoms with Crippen LogP contribution in [0.5, 0.6) is 0 Å². The molecule has 1 heterocycles. The van der Waals surface area contributed by atoms with Crippen LogP contribution < -0.4 is 10.2 Å². The molecule has 3 rings (SSSR count). The lowest BCUT2D eigenvalue weighted by Gasteiger charge is -2.35. The van der Waals surface area contributed by atoms with Crippen LogP contribution in [0.3, 0.4) is 0 Å². The summed E-state index contributed by atoms with van der Waals surface area (Å²) in [6.07, 6.45) is 0. The van der Waals surface area contributed by atoms with Crippen molar-refractivity contribution < 1.29 is 9.18 Å². The zero-order valence-corrected chi connectivity index (χ0v) is 17.6. The maximum atomic E-state index is 13.0. The largest absolute Gasteiger partial charge is 0.369 e. The number of carbonyl (C=O) groups is 1. The molecule has 0 spiro atoms. The second-order valence-electron chi connectivity index (χ2n) is 6.39. The molecule has 2 aromatic carbocycles. The summed E-state index contributed by atoms with van der Waals surface area (Å²) < 4.78 is 14.8. The first kappa shape index (κ1) is 19.3. The van der Waals surface area contributed by atoms with Crippen molar-refractivity contribution in [3.63, 3.8) is 0 Å². The van der Waals surface area contributed by atoms with Gasteiger partial charge in [-0.1, -0.05) is 0 Å². The van der Waals surface area contributed by atoms with Gasteiger partial charge in [0, 0.05) is 40.8 Å². The van der Waals surface area contributed by atoms with Crippen molar-refractivity contribution in [3.8, 4) is 0 Å². The highest BCUT2D eigenvalue weighted by Gasteiger charge is 2.20. The van der Waals surface area contributed by atoms with Crippen LogP contribution in [0.15, 0.2) is 45.3 Å². The SMILES string of the molecule is Cc1cc(Br)c(NC(=O)CN2CCN(c3ccc(F)cc3)CC2)c(Br)c1. The van der Waals surface area contributed by atoms with E-state index < -0.39 is 0 Å². The summed E-state index contributed by atoms with van der Waals surface area (Å²) in [5, 5.41) is 2.97. The molecule has 138 valence electrons. The first-order valence-corrected chi connectivity index (χ1v) is 9.99. The van der Waals surface area contributed by atoms with Crippen LogP contribution in [0.4, 0.5) is 15.8 Å². The fourth-order valence-corrected chi connectivity index (χ4v) is 4.63. The fraction of sp³-hybridized carbons (Fsp3) is 0.316. The van der Waals surface area contributed by atoms with E-state index in [9.17, 15) is 9.18 Å². The highest BCUT2D eigenvalue weighted by atomic mass is 79.9. The fourth-order valence-electron chi connectivity index (χ4n) is 3.02. The van der Waals surface area contributed by atoms with E-state index in [-0.39, 0.29) is 11.7 Å². The molecule has 0 unspecified atom stereocenters. The van der Waals surface area contributed by atoms with E-state index in [0.29, 0.717) is 6.54 Å². The van der Waals surface area contributed by atoms with E-state index in [1.807, 2.05) is 19.1 Å². The number of hydrogen-bond donors (Lipinski definition) is 1. The molecule has 1 aliphatic rings. The quantitative estimate of drug-likeness (QED) is 0.697. The van der Waals surface area contributed by atoms with E-state index in [2.05, 4.69) is 47.0 Å². The molecule has 0 atom stereocenters. The number of nitrogens with zero attached hydrogens (tertiary/aromatic N) is 2. The Kier molecular flexibility index (Phi) is 6.32. The van der Waals surface area contributed by atoms with Gasteiger partial charge in [-0.2, -0.15) is 0 Å². The molecule has 7 heteroatoms. The zero-order chi connectivity index (χ0) is 18.7. The Morgan fingerprint density at radius 3 is 2.23 bits per heavy atom. The third-order valence-electron chi connectivity index (χ3n) is 4.38. The van der Waals surface area contributed by atoms with E-state index in [4.69, 9.17) is 0 Å². The molecule has 0 bridgehead atoms. The average molecular weight is 485 g/mol. The lowest BCUT2D eigenvalue weighted by molar-refractivity contribution is -0.117. The van der Waals surface area contributed by atoms with E-state index >= 15 is 0 Å². The van der Waals surface area contributed by atoms with Crippen LogP contribution >= 0.6 is 31.9 Å². The molecule has 0 radical (unpaired) electrons. The van der Waals surface area contributed by atoms with Gasteiger partial charge >= 0.3 is 0 Å². The maximum absolute atomic E-state index is 13.0. The normalized spacial score (nSPS) is 15.2. The van der Waals surface area contributed by atoms with Crippen molar-refractivity contribution in [1.29, 1.82) is 0 Å². The minimum Gasteiger partial charge on any atom is -0.369 e. The number of piperazine rings is 1. The Hall–Kier alpha value is -1.44. The smallest absolute Gasteiger partial charge is 0.238 e. The van der Waals surface area contributed by atoms with Crippen LogP contribution in [0.1, 0.15) is 5.56 Å². The molecule has 1 fully saturated rings. The summed E-state index contributed by atoms with van der Waals surface area (Å²) in [6, 6.07) is 10.5. The second kappa shape index (κ2) is 8.50. The van der Waals surface area contributed by atoms with Crippen molar-refractivity contribution in [2.45, 2.75) is 6.92 Å². The molecule has 26 heavy (non-hydrogen) atoms. The highest BCUT2D eigenvalue weighted by Crippen LogP contribution is 2.32. The molecule has 4 nitrogen and oxygen atoms in total. The number of nitrogens with one attached hydrogen (secondary N) is 1. The summed E-state index contributed by atoms with van der Waals surface area (Å²) in [6.45, 7) is 5.57. The highest BCUT2D eigenvalue weighted by molar-refractivity contribution is 9.11. The minimum absolute atomic E-state index is 0.0366. The molecule has 1 saturated heterocycles. The summed E-state index contributed by atoms with van der Waals surface area (Å²) in [7, 11) is 0. The van der Waals surface area contributed by atoms with E-state index in [0.717, 1.165) is 52.1 Å². The summed E-state index contributed by atoms with van der Waals surface area (Å²) in [4.78, 5) is 16.7. The molecule has 1 aliphatic heterocycles. The number of hydrogen-bond acceptors (Lipinski definition) is 3. The van der Waals surface area contributed by atoms with Crippen molar-refractivity contribution in [2.75, 3.05) is 42.9 Å². The predicted octanol–water partition coefficient (Wildman–Crippen LogP) is 4.42. The van der Waals surface area contributed by atoms with Gasteiger partial charge in [-0.05, 0) is 80.7 Å². The van der Waals surface area contributed by atoms with Crippen LogP contribution in [-0.2, 0) is 4.79 Å². The van der Waals surface area contributed by atoms with Crippen LogP contribution in [0.2, 0.25) is 0 Å². The Balaban J connectivity index is 1.53. The number of amides is 1. The van der Waals surface area contributed by atoms with Crippen molar-refractivity contribution >= 4 is 49.1 Å². The number of carbonyl (C=O) groups excluding carboxylic acids is 1. The third kappa shape index (κ3) is 4.84. The van der Waals surface area contributed by atoms with Gasteiger partial charge in [-0.3, -0.25) is 9.69 Å². The van der Waals surface area contributed by atoms with E-state index in [1.165, 1.54) is 12.1 Å². The molecule has 0 aromatic heterocycles. The molecule has 2 aromatic rings. The molecule has 1 N–H and O–H groups in total. The van der Waals surface area contributed by atoms with Gasteiger partial charge in [-0.25, -0.2) is 4.39 Å². The van der Waals surface area contributed by atoms with Gasteiger partial charge in [0.05, 0.1) is 12.2 Å². The minimum atomic E-state index is -0.225. The van der Waals surface area contributed by atoms with Crippen LogP contribution in [-0.4, -0.2) is 43.5 Å². The van der Waals surface area contributed by atoms with Crippen LogP contribution in [0, 0.1) is 12.7 Å². The molecule has 0 aliphatic carbocycles. The van der Waals surface area contributed by atoms with Gasteiger partial charge in [0.25, 0.3) is 0 Å². The van der Waals surface area contributed by atoms with Crippen LogP contribution in [0.25, 0.3) is 0 Å². The monoisotopic (exact) mass is 483 g/mol. The van der Waals surface area contributed by atoms with E-state index in [1.54, 1.807) is 12.1 Å². The number of anilines is 2. The standard InChI is InChI=1S/C19H20Br2FN3O/c1-13-10-16(20)19(17(21)11-13)23-18(26)12-24-6-8-25(9-7-24)15-4-2-14(22)3-5-15/h2-5,10-11H,6-9,12H2,1H3,(H,23,26). The Morgan fingerprint density at radius 1 is 1.08 bits per heavy atom. The number of aryl methyl sites for hydroxylation is 1. The molecule has 0 saturated carbocycles. The van der Waals surface area contributed by atoms with Crippen molar-refractivity contribution in [2.24, 2.45) is 0 Å². The summed E-state index contributed by atoms with van der Waals surface area (Å²) in [5.74, 6) is -0.261. The maximum Gasteiger partial charge on any atom is 0.238 e. The number of halogens is 3. The predicted molar refractivity (Wildman–Crippen MR) is 110 cm³/mol. The first-order valence-electron chi connectivity index (χ1n) is 8.41. The third-order valence-corrected chi connectivity index (χ3v) is 5.63. The average Bonchev–Trinajstić information content (AvgIpc) is 2.59. The lowest BCUT2D eigenvalue weighted by Crippen LogP contribution is -2.48. The molecule has 1 amide bonds. The van der Waals surface area contributed by atoms with Crippen molar-refractivity contribution in [3.05, 3.63) is 56.7 Å². The number of rotatable bonds is 4. The first-order chi connectivity index (χ1) is 12.4. The molecular formula is C19H20Br2FN3O. The molecular weight excluding hydrogens is 465 g/mol. The Morgan fingerprint density at radius 2 is 1.65 bits per heavy atom. The lowest BCUT2D eigenvalue weighted by atomic mass is 10.2. The topological polar surface area (TPSA) is 35.6 Å². The van der Waals surface area contributed by atoms with Gasteiger partial charge < -0.3 is 10.2 Å². The Labute approximate surface area is 169 Å². The van der Waals surface area contributed by atoms with Gasteiger partial charge in [0.2, 0.25) is 5.91 Å². The van der Waals surface area contributed by atoms with Crippen molar-refractivity contribution in [1.82, 2.24) is 4.90 Å². The second-order valence-corrected chi connectivity index (χ2v) is 8.10. The number of benzene rings is 2. The van der Waals surface area contributed by atoms with Gasteiger partial charge in [0.1, 0.15) is 5.82 Å². The Bertz CT molecular complexity index is 767. The van der Waals surface area contributed by atoms with Gasteiger partial charge in [0.15, 0.2) is 0 Å². The summed E-state index contributed by atoms with van der Waals surface area (Å²) >= 11 is 7.00.